The van der Waals surface area contributed by atoms with Crippen molar-refractivity contribution in [3.8, 4) is 23.0 Å². The Morgan fingerprint density at radius 1 is 1.18 bits per heavy atom. The summed E-state index contributed by atoms with van der Waals surface area (Å²) in [6.07, 6.45) is 9.32. The van der Waals surface area contributed by atoms with Gasteiger partial charge in [0.05, 0.1) is 18.2 Å². The average molecular weight is 450 g/mol. The number of carbonyl (C=O) groups excluding carboxylic acids is 1. The molecule has 0 saturated carbocycles. The molecule has 0 aromatic heterocycles. The van der Waals surface area contributed by atoms with Gasteiger partial charge >= 0.3 is 0 Å². The molecule has 0 bridgehead atoms. The Hall–Kier alpha value is -3.25. The summed E-state index contributed by atoms with van der Waals surface area (Å²) in [5, 5.41) is 10.6. The molecule has 2 aliphatic heterocycles. The monoisotopic (exact) mass is 449 g/mol. The third-order valence-corrected chi connectivity index (χ3v) is 5.95. The van der Waals surface area contributed by atoms with Crippen molar-refractivity contribution in [1.29, 1.82) is 0 Å². The van der Waals surface area contributed by atoms with E-state index < -0.39 is 5.60 Å². The molecular formula is C27H31NO5. The standard InChI is InChI=1S/C27H31NO5/c1-27(2)13-12-21-23(33-27)11-8-20(26(21)30)22(29)9-6-19-7-10-24(31-3)25(18-19)32-17-16-28-14-4-5-15-28/h6-13,18,30H,4-5,14-17H2,1-3H3/b9-6+. The number of phenols is 1. The quantitative estimate of drug-likeness (QED) is 0.454. The van der Waals surface area contributed by atoms with E-state index in [0.29, 0.717) is 29.4 Å². The van der Waals surface area contributed by atoms with Crippen LogP contribution >= 0.6 is 0 Å². The molecule has 1 fully saturated rings. The number of ether oxygens (including phenoxy) is 3. The van der Waals surface area contributed by atoms with E-state index in [4.69, 9.17) is 14.2 Å². The zero-order chi connectivity index (χ0) is 23.4. The van der Waals surface area contributed by atoms with Gasteiger partial charge in [0.25, 0.3) is 0 Å². The number of hydrogen-bond acceptors (Lipinski definition) is 6. The van der Waals surface area contributed by atoms with Crippen LogP contribution in [-0.4, -0.2) is 54.7 Å². The third-order valence-electron chi connectivity index (χ3n) is 5.95. The van der Waals surface area contributed by atoms with Crippen LogP contribution < -0.4 is 14.2 Å². The lowest BCUT2D eigenvalue weighted by molar-refractivity contribution is 0.104. The van der Waals surface area contributed by atoms with Crippen LogP contribution in [0, 0.1) is 0 Å². The summed E-state index contributed by atoms with van der Waals surface area (Å²) in [7, 11) is 1.61. The Morgan fingerprint density at radius 3 is 2.73 bits per heavy atom. The van der Waals surface area contributed by atoms with Gasteiger partial charge in [0.2, 0.25) is 0 Å². The lowest BCUT2D eigenvalue weighted by Crippen LogP contribution is -2.27. The number of likely N-dealkylation sites (tertiary alicyclic amines) is 1. The minimum Gasteiger partial charge on any atom is -0.506 e. The zero-order valence-corrected chi connectivity index (χ0v) is 19.5. The average Bonchev–Trinajstić information content (AvgIpc) is 3.30. The lowest BCUT2D eigenvalue weighted by Gasteiger charge is -2.28. The first-order chi connectivity index (χ1) is 15.9. The summed E-state index contributed by atoms with van der Waals surface area (Å²) in [4.78, 5) is 15.2. The van der Waals surface area contributed by atoms with Crippen LogP contribution in [0.25, 0.3) is 12.2 Å². The van der Waals surface area contributed by atoms with E-state index in [0.717, 1.165) is 25.2 Å². The van der Waals surface area contributed by atoms with Crippen LogP contribution in [0.15, 0.2) is 42.5 Å². The zero-order valence-electron chi connectivity index (χ0n) is 19.5. The second-order valence-corrected chi connectivity index (χ2v) is 8.92. The van der Waals surface area contributed by atoms with Crippen molar-refractivity contribution >= 4 is 17.9 Å². The first-order valence-electron chi connectivity index (χ1n) is 11.4. The van der Waals surface area contributed by atoms with E-state index in [2.05, 4.69) is 4.90 Å². The number of nitrogens with zero attached hydrogens (tertiary/aromatic N) is 1. The molecule has 2 aliphatic rings. The number of ketones is 1. The highest BCUT2D eigenvalue weighted by Crippen LogP contribution is 2.38. The highest BCUT2D eigenvalue weighted by atomic mass is 16.5. The molecule has 0 radical (unpaired) electrons. The molecule has 0 aliphatic carbocycles. The largest absolute Gasteiger partial charge is 0.506 e. The Balaban J connectivity index is 1.46. The summed E-state index contributed by atoms with van der Waals surface area (Å²) in [5.74, 6) is 1.50. The first-order valence-corrected chi connectivity index (χ1v) is 11.4. The molecular weight excluding hydrogens is 418 g/mol. The Labute approximate surface area is 195 Å². The molecule has 2 aromatic rings. The fourth-order valence-electron chi connectivity index (χ4n) is 4.10. The van der Waals surface area contributed by atoms with Gasteiger partial charge < -0.3 is 19.3 Å². The van der Waals surface area contributed by atoms with Gasteiger partial charge in [-0.05, 0) is 87.8 Å². The molecule has 6 nitrogen and oxygen atoms in total. The van der Waals surface area contributed by atoms with Gasteiger partial charge in [-0.2, -0.15) is 0 Å². The van der Waals surface area contributed by atoms with E-state index >= 15 is 0 Å². The van der Waals surface area contributed by atoms with Gasteiger partial charge in [-0.25, -0.2) is 0 Å². The van der Waals surface area contributed by atoms with Gasteiger partial charge in [0, 0.05) is 6.54 Å². The van der Waals surface area contributed by atoms with E-state index in [1.54, 1.807) is 31.4 Å². The molecule has 0 spiro atoms. The van der Waals surface area contributed by atoms with Crippen LogP contribution in [0.2, 0.25) is 0 Å². The number of fused-ring (bicyclic) bond motifs is 1. The van der Waals surface area contributed by atoms with Crippen molar-refractivity contribution in [2.45, 2.75) is 32.3 Å². The molecule has 0 unspecified atom stereocenters. The molecule has 33 heavy (non-hydrogen) atoms. The molecule has 0 amide bonds. The van der Waals surface area contributed by atoms with Crippen LogP contribution in [0.5, 0.6) is 23.0 Å². The van der Waals surface area contributed by atoms with E-state index in [-0.39, 0.29) is 17.1 Å². The number of methoxy groups -OCH3 is 1. The Morgan fingerprint density at radius 2 is 1.97 bits per heavy atom. The van der Waals surface area contributed by atoms with Gasteiger partial charge in [-0.15, -0.1) is 0 Å². The Kier molecular flexibility index (Phi) is 6.75. The maximum Gasteiger partial charge on any atom is 0.189 e. The second-order valence-electron chi connectivity index (χ2n) is 8.92. The molecule has 2 aromatic carbocycles. The van der Waals surface area contributed by atoms with Crippen LogP contribution in [0.3, 0.4) is 0 Å². The molecule has 1 N–H and O–H groups in total. The molecule has 4 rings (SSSR count). The van der Waals surface area contributed by atoms with Crippen molar-refractivity contribution in [1.82, 2.24) is 4.90 Å². The highest BCUT2D eigenvalue weighted by Gasteiger charge is 2.25. The number of allylic oxidation sites excluding steroid dienone is 1. The fourth-order valence-corrected chi connectivity index (χ4v) is 4.10. The van der Waals surface area contributed by atoms with E-state index in [1.165, 1.54) is 18.9 Å². The number of carbonyl (C=O) groups is 1. The minimum absolute atomic E-state index is 0.0745. The molecule has 2 heterocycles. The number of aromatic hydroxyl groups is 1. The van der Waals surface area contributed by atoms with Gasteiger partial charge in [-0.1, -0.05) is 12.1 Å². The van der Waals surface area contributed by atoms with Crippen LogP contribution in [0.1, 0.15) is 48.2 Å². The number of benzene rings is 2. The number of phenolic OH excluding ortho intramolecular Hbond substituents is 1. The number of rotatable bonds is 8. The molecule has 6 heteroatoms. The summed E-state index contributed by atoms with van der Waals surface area (Å²) < 4.78 is 17.3. The fraction of sp³-hybridized carbons (Fsp3) is 0.370. The summed E-state index contributed by atoms with van der Waals surface area (Å²) in [6, 6.07) is 8.87. The summed E-state index contributed by atoms with van der Waals surface area (Å²) >= 11 is 0. The third kappa shape index (κ3) is 5.40. The summed E-state index contributed by atoms with van der Waals surface area (Å²) in [5.41, 5.74) is 1.11. The normalized spacial score (nSPS) is 17.1. The van der Waals surface area contributed by atoms with Gasteiger partial charge in [0.1, 0.15) is 23.7 Å². The van der Waals surface area contributed by atoms with Crippen LogP contribution in [-0.2, 0) is 0 Å². The second kappa shape index (κ2) is 9.71. The maximum absolute atomic E-state index is 12.8. The van der Waals surface area contributed by atoms with Crippen molar-refractivity contribution in [2.24, 2.45) is 0 Å². The maximum atomic E-state index is 12.8. The SMILES string of the molecule is COc1ccc(/C=C/C(=O)c2ccc3c(c2O)C=CC(C)(C)O3)cc1OCCN1CCCC1. The smallest absolute Gasteiger partial charge is 0.189 e. The minimum atomic E-state index is -0.451. The van der Waals surface area contributed by atoms with Gasteiger partial charge in [0.15, 0.2) is 17.3 Å². The number of hydrogen-bond donors (Lipinski definition) is 1. The predicted molar refractivity (Wildman–Crippen MR) is 129 cm³/mol. The first kappa shape index (κ1) is 22.9. The molecule has 1 saturated heterocycles. The van der Waals surface area contributed by atoms with E-state index in [9.17, 15) is 9.90 Å². The van der Waals surface area contributed by atoms with Crippen molar-refractivity contribution in [2.75, 3.05) is 33.4 Å². The highest BCUT2D eigenvalue weighted by molar-refractivity contribution is 6.09. The molecule has 174 valence electrons. The van der Waals surface area contributed by atoms with Crippen LogP contribution in [0.4, 0.5) is 0 Å². The lowest BCUT2D eigenvalue weighted by atomic mass is 9.98. The van der Waals surface area contributed by atoms with Crippen molar-refractivity contribution in [3.63, 3.8) is 0 Å². The van der Waals surface area contributed by atoms with Crippen molar-refractivity contribution < 1.29 is 24.1 Å². The van der Waals surface area contributed by atoms with Gasteiger partial charge in [-0.3, -0.25) is 9.69 Å². The predicted octanol–water partition coefficient (Wildman–Crippen LogP) is 4.96. The topological polar surface area (TPSA) is 68.2 Å². The van der Waals surface area contributed by atoms with Crippen molar-refractivity contribution in [3.05, 3.63) is 59.2 Å². The van der Waals surface area contributed by atoms with E-state index in [1.807, 2.05) is 38.1 Å². The molecule has 0 atom stereocenters. The summed E-state index contributed by atoms with van der Waals surface area (Å²) in [6.45, 7) is 7.59. The Bertz CT molecular complexity index is 1080.